The lowest BCUT2D eigenvalue weighted by Gasteiger charge is -2.14. The maximum atomic E-state index is 12.0. The lowest BCUT2D eigenvalue weighted by Crippen LogP contribution is -3.11. The number of halogens is 2. The Labute approximate surface area is 154 Å². The molecule has 0 spiro atoms. The molecule has 126 valence electrons. The fourth-order valence-electron chi connectivity index (χ4n) is 2.14. The molecular formula is C17H18BrClN3O2+. The molecule has 0 radical (unpaired) electrons. The van der Waals surface area contributed by atoms with Gasteiger partial charge < -0.3 is 15.5 Å². The molecule has 0 aliphatic rings. The second kappa shape index (κ2) is 8.82. The van der Waals surface area contributed by atoms with Crippen LogP contribution in [0.1, 0.15) is 0 Å². The number of para-hydroxylation sites is 1. The predicted octanol–water partition coefficient (Wildman–Crippen LogP) is 2.19. The summed E-state index contributed by atoms with van der Waals surface area (Å²) in [5.74, 6) is -0.355. The van der Waals surface area contributed by atoms with E-state index in [1.165, 1.54) is 0 Å². The summed E-state index contributed by atoms with van der Waals surface area (Å²) in [6.07, 6.45) is 0. The highest BCUT2D eigenvalue weighted by atomic mass is 79.9. The quantitative estimate of drug-likeness (QED) is 0.682. The summed E-state index contributed by atoms with van der Waals surface area (Å²) in [6, 6.07) is 14.4. The number of hydrogen-bond donors (Lipinski definition) is 3. The molecule has 0 saturated carbocycles. The number of rotatable bonds is 6. The lowest BCUT2D eigenvalue weighted by atomic mass is 10.3. The van der Waals surface area contributed by atoms with E-state index >= 15 is 0 Å². The molecule has 7 heteroatoms. The number of likely N-dealkylation sites (N-methyl/N-ethyl adjacent to an activating group) is 1. The van der Waals surface area contributed by atoms with Crippen LogP contribution in [0.2, 0.25) is 5.02 Å². The van der Waals surface area contributed by atoms with Crippen molar-refractivity contribution in [2.75, 3.05) is 30.8 Å². The highest BCUT2D eigenvalue weighted by Crippen LogP contribution is 2.19. The zero-order valence-corrected chi connectivity index (χ0v) is 15.4. The van der Waals surface area contributed by atoms with Gasteiger partial charge in [0.05, 0.1) is 17.8 Å². The van der Waals surface area contributed by atoms with Gasteiger partial charge in [-0.05, 0) is 30.3 Å². The summed E-state index contributed by atoms with van der Waals surface area (Å²) in [5.41, 5.74) is 1.28. The van der Waals surface area contributed by atoms with Crippen LogP contribution < -0.4 is 15.5 Å². The molecule has 5 nitrogen and oxygen atoms in total. The molecule has 0 heterocycles. The third kappa shape index (κ3) is 5.96. The smallest absolute Gasteiger partial charge is 0.279 e. The van der Waals surface area contributed by atoms with Crippen molar-refractivity contribution >= 4 is 50.7 Å². The van der Waals surface area contributed by atoms with Crippen molar-refractivity contribution in [1.29, 1.82) is 0 Å². The van der Waals surface area contributed by atoms with E-state index in [0.29, 0.717) is 16.4 Å². The number of benzene rings is 2. The first-order valence-corrected chi connectivity index (χ1v) is 8.52. The van der Waals surface area contributed by atoms with Crippen LogP contribution in [0.15, 0.2) is 53.0 Å². The summed E-state index contributed by atoms with van der Waals surface area (Å²) < 4.78 is 0.889. The van der Waals surface area contributed by atoms with Gasteiger partial charge in [0, 0.05) is 10.2 Å². The monoisotopic (exact) mass is 410 g/mol. The number of quaternary nitrogens is 1. The molecule has 2 amide bonds. The van der Waals surface area contributed by atoms with Gasteiger partial charge in [-0.25, -0.2) is 0 Å². The van der Waals surface area contributed by atoms with E-state index in [4.69, 9.17) is 11.6 Å². The highest BCUT2D eigenvalue weighted by molar-refractivity contribution is 9.10. The largest absolute Gasteiger partial charge is 0.322 e. The predicted molar refractivity (Wildman–Crippen MR) is 99.5 cm³/mol. The van der Waals surface area contributed by atoms with Gasteiger partial charge >= 0.3 is 0 Å². The molecule has 0 aliphatic heterocycles. The van der Waals surface area contributed by atoms with Gasteiger partial charge in [-0.15, -0.1) is 0 Å². The second-order valence-electron chi connectivity index (χ2n) is 5.40. The molecule has 24 heavy (non-hydrogen) atoms. The average Bonchev–Trinajstić information content (AvgIpc) is 2.49. The summed E-state index contributed by atoms with van der Waals surface area (Å²) in [4.78, 5) is 24.8. The van der Waals surface area contributed by atoms with Crippen molar-refractivity contribution in [1.82, 2.24) is 0 Å². The van der Waals surface area contributed by atoms with Gasteiger partial charge in [0.1, 0.15) is 0 Å². The Morgan fingerprint density at radius 1 is 1.04 bits per heavy atom. The standard InChI is InChI=1S/C17H17BrClN3O2/c1-22(10-16(23)20-13-6-4-5-12(18)9-13)11-17(24)21-15-8-3-2-7-14(15)19/h2-9H,10-11H2,1H3,(H,20,23)(H,21,24)/p+1. The maximum absolute atomic E-state index is 12.0. The Hall–Kier alpha value is -1.89. The van der Waals surface area contributed by atoms with Crippen LogP contribution in [0.4, 0.5) is 11.4 Å². The Bertz CT molecular complexity index is 739. The van der Waals surface area contributed by atoms with Crippen LogP contribution in [-0.2, 0) is 9.59 Å². The normalized spacial score (nSPS) is 11.6. The van der Waals surface area contributed by atoms with Gasteiger partial charge in [-0.3, -0.25) is 9.59 Å². The third-order valence-corrected chi connectivity index (χ3v) is 4.00. The Morgan fingerprint density at radius 2 is 1.71 bits per heavy atom. The van der Waals surface area contributed by atoms with E-state index in [2.05, 4.69) is 26.6 Å². The van der Waals surface area contributed by atoms with Crippen molar-refractivity contribution in [3.63, 3.8) is 0 Å². The van der Waals surface area contributed by atoms with Crippen LogP contribution in [0.5, 0.6) is 0 Å². The molecule has 2 aromatic rings. The van der Waals surface area contributed by atoms with Crippen LogP contribution in [0.25, 0.3) is 0 Å². The fraction of sp³-hybridized carbons (Fsp3) is 0.176. The summed E-state index contributed by atoms with van der Waals surface area (Å²) >= 11 is 9.36. The molecule has 3 N–H and O–H groups in total. The first kappa shape index (κ1) is 18.4. The van der Waals surface area contributed by atoms with Crippen molar-refractivity contribution in [3.05, 3.63) is 58.0 Å². The van der Waals surface area contributed by atoms with Crippen molar-refractivity contribution < 1.29 is 14.5 Å². The minimum Gasteiger partial charge on any atom is -0.322 e. The minimum absolute atomic E-state index is 0.156. The van der Waals surface area contributed by atoms with Gasteiger partial charge in [0.2, 0.25) is 0 Å². The zero-order valence-electron chi connectivity index (χ0n) is 13.1. The van der Waals surface area contributed by atoms with Crippen molar-refractivity contribution in [3.8, 4) is 0 Å². The Kier molecular flexibility index (Phi) is 6.78. The first-order valence-electron chi connectivity index (χ1n) is 7.35. The molecule has 2 rings (SSSR count). The SMILES string of the molecule is C[NH+](CC(=O)Nc1cccc(Br)c1)CC(=O)Nc1ccccc1Cl. The minimum atomic E-state index is -0.198. The van der Waals surface area contributed by atoms with Crippen LogP contribution >= 0.6 is 27.5 Å². The fourth-order valence-corrected chi connectivity index (χ4v) is 2.72. The lowest BCUT2D eigenvalue weighted by molar-refractivity contribution is -0.862. The number of anilines is 2. The molecule has 0 aromatic heterocycles. The van der Waals surface area contributed by atoms with E-state index in [0.717, 1.165) is 9.37 Å². The Balaban J connectivity index is 1.81. The molecule has 0 aliphatic carbocycles. The zero-order chi connectivity index (χ0) is 17.5. The number of nitrogens with one attached hydrogen (secondary N) is 3. The number of hydrogen-bond acceptors (Lipinski definition) is 2. The summed E-state index contributed by atoms with van der Waals surface area (Å²) in [7, 11) is 1.78. The van der Waals surface area contributed by atoms with E-state index in [1.807, 2.05) is 24.3 Å². The van der Waals surface area contributed by atoms with Crippen molar-refractivity contribution in [2.24, 2.45) is 0 Å². The second-order valence-corrected chi connectivity index (χ2v) is 6.72. The number of amides is 2. The maximum Gasteiger partial charge on any atom is 0.279 e. The molecular weight excluding hydrogens is 394 g/mol. The summed E-state index contributed by atoms with van der Waals surface area (Å²) in [5, 5.41) is 6.03. The number of carbonyl (C=O) groups excluding carboxylic acids is 2. The van der Waals surface area contributed by atoms with Gasteiger partial charge in [-0.1, -0.05) is 45.7 Å². The molecule has 0 bridgehead atoms. The Morgan fingerprint density at radius 3 is 2.38 bits per heavy atom. The molecule has 1 atom stereocenters. The van der Waals surface area contributed by atoms with E-state index in [-0.39, 0.29) is 24.9 Å². The summed E-state index contributed by atoms with van der Waals surface area (Å²) in [6.45, 7) is 0.347. The highest BCUT2D eigenvalue weighted by Gasteiger charge is 2.15. The van der Waals surface area contributed by atoms with E-state index in [1.54, 1.807) is 31.3 Å². The van der Waals surface area contributed by atoms with Gasteiger partial charge in [0.25, 0.3) is 11.8 Å². The van der Waals surface area contributed by atoms with E-state index in [9.17, 15) is 9.59 Å². The van der Waals surface area contributed by atoms with Crippen LogP contribution in [0.3, 0.4) is 0 Å². The molecule has 2 aromatic carbocycles. The molecule has 0 saturated heterocycles. The first-order chi connectivity index (χ1) is 11.4. The van der Waals surface area contributed by atoms with Crippen LogP contribution in [0, 0.1) is 0 Å². The van der Waals surface area contributed by atoms with Crippen molar-refractivity contribution in [2.45, 2.75) is 0 Å². The van der Waals surface area contributed by atoms with Gasteiger partial charge in [0.15, 0.2) is 13.1 Å². The third-order valence-electron chi connectivity index (χ3n) is 3.18. The van der Waals surface area contributed by atoms with Crippen LogP contribution in [-0.4, -0.2) is 32.0 Å². The molecule has 1 unspecified atom stereocenters. The topological polar surface area (TPSA) is 62.6 Å². The molecule has 0 fully saturated rings. The van der Waals surface area contributed by atoms with Gasteiger partial charge in [-0.2, -0.15) is 0 Å². The number of carbonyl (C=O) groups is 2. The van der Waals surface area contributed by atoms with E-state index < -0.39 is 0 Å². The average molecular weight is 412 g/mol.